The van der Waals surface area contributed by atoms with E-state index in [1.165, 1.54) is 12.8 Å². The Morgan fingerprint density at radius 2 is 2.10 bits per heavy atom. The lowest BCUT2D eigenvalue weighted by Gasteiger charge is -2.31. The van der Waals surface area contributed by atoms with Gasteiger partial charge in [-0.1, -0.05) is 18.2 Å². The summed E-state index contributed by atoms with van der Waals surface area (Å²) in [5, 5.41) is 6.43. The lowest BCUT2D eigenvalue weighted by Crippen LogP contribution is -2.46. The van der Waals surface area contributed by atoms with E-state index in [4.69, 9.17) is 0 Å². The largest absolute Gasteiger partial charge is 0.324 e. The van der Waals surface area contributed by atoms with Crippen LogP contribution in [0.4, 0.5) is 5.69 Å². The normalized spacial score (nSPS) is 19.1. The molecular weight excluding hydrogens is 250 g/mol. The molecule has 1 aromatic rings. The van der Waals surface area contributed by atoms with Crippen LogP contribution in [0.15, 0.2) is 18.2 Å². The molecule has 0 bridgehead atoms. The third-order valence-corrected chi connectivity index (χ3v) is 4.03. The van der Waals surface area contributed by atoms with Crippen LogP contribution in [-0.2, 0) is 4.79 Å². The summed E-state index contributed by atoms with van der Waals surface area (Å²) >= 11 is 0. The first-order valence-corrected chi connectivity index (χ1v) is 7.35. The Morgan fingerprint density at radius 3 is 2.70 bits per heavy atom. The van der Waals surface area contributed by atoms with Gasteiger partial charge in [-0.3, -0.25) is 9.69 Å². The van der Waals surface area contributed by atoms with Gasteiger partial charge in [0.1, 0.15) is 0 Å². The number of piperidine rings is 1. The van der Waals surface area contributed by atoms with E-state index in [0.717, 1.165) is 29.9 Å². The van der Waals surface area contributed by atoms with Crippen LogP contribution in [0.25, 0.3) is 0 Å². The van der Waals surface area contributed by atoms with Crippen LogP contribution in [0.5, 0.6) is 0 Å². The van der Waals surface area contributed by atoms with Gasteiger partial charge < -0.3 is 10.6 Å². The maximum absolute atomic E-state index is 12.2. The van der Waals surface area contributed by atoms with Crippen molar-refractivity contribution in [3.8, 4) is 0 Å². The molecule has 4 nitrogen and oxygen atoms in total. The Morgan fingerprint density at radius 1 is 1.40 bits per heavy atom. The number of nitrogens with zero attached hydrogens (tertiary/aromatic N) is 1. The zero-order chi connectivity index (χ0) is 14.5. The minimum Gasteiger partial charge on any atom is -0.324 e. The van der Waals surface area contributed by atoms with E-state index >= 15 is 0 Å². The third kappa shape index (κ3) is 3.81. The maximum Gasteiger partial charge on any atom is 0.238 e. The number of hydrogen-bond acceptors (Lipinski definition) is 3. The Balaban J connectivity index is 1.91. The highest BCUT2D eigenvalue weighted by Gasteiger charge is 2.19. The summed E-state index contributed by atoms with van der Waals surface area (Å²) < 4.78 is 0. The summed E-state index contributed by atoms with van der Waals surface area (Å²) in [5.41, 5.74) is 3.17. The molecule has 1 aliphatic rings. The second-order valence-electron chi connectivity index (χ2n) is 5.73. The molecule has 0 aliphatic carbocycles. The summed E-state index contributed by atoms with van der Waals surface area (Å²) in [5.74, 6) is 0.0653. The van der Waals surface area contributed by atoms with Gasteiger partial charge in [0.15, 0.2) is 0 Å². The van der Waals surface area contributed by atoms with Crippen molar-refractivity contribution in [2.24, 2.45) is 0 Å². The number of hydrogen-bond donors (Lipinski definition) is 2. The van der Waals surface area contributed by atoms with Crippen LogP contribution >= 0.6 is 0 Å². The molecule has 4 heteroatoms. The van der Waals surface area contributed by atoms with Crippen LogP contribution in [-0.4, -0.2) is 43.5 Å². The molecule has 1 aromatic carbocycles. The van der Waals surface area contributed by atoms with E-state index in [-0.39, 0.29) is 5.91 Å². The van der Waals surface area contributed by atoms with Gasteiger partial charge in [-0.25, -0.2) is 0 Å². The van der Waals surface area contributed by atoms with Crippen molar-refractivity contribution >= 4 is 11.6 Å². The molecule has 1 aliphatic heterocycles. The highest BCUT2D eigenvalue weighted by Crippen LogP contribution is 2.19. The number of carbonyl (C=O) groups is 1. The summed E-state index contributed by atoms with van der Waals surface area (Å²) in [6.07, 6.45) is 2.35. The zero-order valence-electron chi connectivity index (χ0n) is 12.7. The summed E-state index contributed by atoms with van der Waals surface area (Å²) in [4.78, 5) is 14.3. The number of para-hydroxylation sites is 1. The lowest BCUT2D eigenvalue weighted by molar-refractivity contribution is -0.117. The van der Waals surface area contributed by atoms with Gasteiger partial charge in [-0.05, 0) is 51.4 Å². The van der Waals surface area contributed by atoms with Gasteiger partial charge in [-0.15, -0.1) is 0 Å². The highest BCUT2D eigenvalue weighted by molar-refractivity contribution is 5.93. The number of aryl methyl sites for hydroxylation is 2. The topological polar surface area (TPSA) is 44.4 Å². The highest BCUT2D eigenvalue weighted by atomic mass is 16.2. The number of carbonyl (C=O) groups excluding carboxylic acids is 1. The molecule has 1 saturated heterocycles. The predicted molar refractivity (Wildman–Crippen MR) is 83.1 cm³/mol. The fourth-order valence-electron chi connectivity index (χ4n) is 2.76. The van der Waals surface area contributed by atoms with Crippen molar-refractivity contribution in [3.63, 3.8) is 0 Å². The predicted octanol–water partition coefficient (Wildman–Crippen LogP) is 1.93. The molecule has 1 atom stereocenters. The van der Waals surface area contributed by atoms with Crippen molar-refractivity contribution in [3.05, 3.63) is 29.3 Å². The van der Waals surface area contributed by atoms with Crippen LogP contribution in [0.2, 0.25) is 0 Å². The fraction of sp³-hybridized carbons (Fsp3) is 0.562. The molecule has 2 rings (SSSR count). The average molecular weight is 275 g/mol. The second-order valence-corrected chi connectivity index (χ2v) is 5.73. The second kappa shape index (κ2) is 6.86. The SMILES string of the molecule is Cc1cccc(C)c1NC(=O)CN(C)C1CCCNC1. The van der Waals surface area contributed by atoms with E-state index in [2.05, 4.69) is 15.5 Å². The van der Waals surface area contributed by atoms with Gasteiger partial charge in [0, 0.05) is 18.3 Å². The first-order chi connectivity index (χ1) is 9.58. The summed E-state index contributed by atoms with van der Waals surface area (Å²) in [6.45, 7) is 6.57. The molecule has 2 N–H and O–H groups in total. The van der Waals surface area contributed by atoms with Crippen LogP contribution in [0, 0.1) is 13.8 Å². The molecule has 0 aromatic heterocycles. The first kappa shape index (κ1) is 15.0. The van der Waals surface area contributed by atoms with Gasteiger partial charge in [0.05, 0.1) is 6.54 Å². The van der Waals surface area contributed by atoms with Crippen LogP contribution in [0.1, 0.15) is 24.0 Å². The van der Waals surface area contributed by atoms with E-state index in [9.17, 15) is 4.79 Å². The fourth-order valence-corrected chi connectivity index (χ4v) is 2.76. The lowest BCUT2D eigenvalue weighted by atomic mass is 10.1. The smallest absolute Gasteiger partial charge is 0.238 e. The Bertz CT molecular complexity index is 447. The van der Waals surface area contributed by atoms with Crippen LogP contribution < -0.4 is 10.6 Å². The third-order valence-electron chi connectivity index (χ3n) is 4.03. The van der Waals surface area contributed by atoms with Gasteiger partial charge >= 0.3 is 0 Å². The Kier molecular flexibility index (Phi) is 5.15. The number of benzene rings is 1. The van der Waals surface area contributed by atoms with Crippen molar-refractivity contribution in [1.82, 2.24) is 10.2 Å². The number of anilines is 1. The maximum atomic E-state index is 12.2. The van der Waals surface area contributed by atoms with Gasteiger partial charge in [-0.2, -0.15) is 0 Å². The van der Waals surface area contributed by atoms with Crippen molar-refractivity contribution in [2.45, 2.75) is 32.7 Å². The molecular formula is C16H25N3O. The van der Waals surface area contributed by atoms with Crippen molar-refractivity contribution < 1.29 is 4.79 Å². The molecule has 20 heavy (non-hydrogen) atoms. The average Bonchev–Trinajstić information content (AvgIpc) is 2.44. The van der Waals surface area contributed by atoms with Gasteiger partial charge in [0.25, 0.3) is 0 Å². The first-order valence-electron chi connectivity index (χ1n) is 7.35. The van der Waals surface area contributed by atoms with E-state index in [1.807, 2.05) is 39.1 Å². The molecule has 1 unspecified atom stereocenters. The molecule has 0 radical (unpaired) electrons. The van der Waals surface area contributed by atoms with E-state index < -0.39 is 0 Å². The number of likely N-dealkylation sites (N-methyl/N-ethyl adjacent to an activating group) is 1. The Hall–Kier alpha value is -1.39. The van der Waals surface area contributed by atoms with Crippen molar-refractivity contribution in [1.29, 1.82) is 0 Å². The Labute approximate surface area is 121 Å². The standard InChI is InChI=1S/C16H25N3O/c1-12-6-4-7-13(2)16(12)18-15(20)11-19(3)14-8-5-9-17-10-14/h4,6-7,14,17H,5,8-11H2,1-3H3,(H,18,20). The molecule has 1 heterocycles. The number of rotatable bonds is 4. The molecule has 1 fully saturated rings. The number of amides is 1. The zero-order valence-corrected chi connectivity index (χ0v) is 12.7. The quantitative estimate of drug-likeness (QED) is 0.882. The van der Waals surface area contributed by atoms with E-state index in [1.54, 1.807) is 0 Å². The van der Waals surface area contributed by atoms with Crippen molar-refractivity contribution in [2.75, 3.05) is 32.0 Å². The van der Waals surface area contributed by atoms with Crippen LogP contribution in [0.3, 0.4) is 0 Å². The van der Waals surface area contributed by atoms with E-state index in [0.29, 0.717) is 12.6 Å². The number of nitrogens with one attached hydrogen (secondary N) is 2. The summed E-state index contributed by atoms with van der Waals surface area (Å²) in [7, 11) is 2.03. The minimum atomic E-state index is 0.0653. The van der Waals surface area contributed by atoms with Gasteiger partial charge in [0.2, 0.25) is 5.91 Å². The molecule has 1 amide bonds. The molecule has 110 valence electrons. The molecule has 0 spiro atoms. The minimum absolute atomic E-state index is 0.0653. The molecule has 0 saturated carbocycles. The summed E-state index contributed by atoms with van der Waals surface area (Å²) in [6, 6.07) is 6.53. The monoisotopic (exact) mass is 275 g/mol.